The van der Waals surface area contributed by atoms with Gasteiger partial charge in [0, 0.05) is 10.7 Å². The molecule has 4 nitrogen and oxygen atoms in total. The minimum atomic E-state index is -0.535. The highest BCUT2D eigenvalue weighted by Gasteiger charge is 2.15. The third kappa shape index (κ3) is 3.00. The third-order valence-electron chi connectivity index (χ3n) is 2.61. The van der Waals surface area contributed by atoms with Gasteiger partial charge in [-0.05, 0) is 30.3 Å². The number of para-hydroxylation sites is 1. The van der Waals surface area contributed by atoms with Crippen LogP contribution < -0.4 is 15.8 Å². The van der Waals surface area contributed by atoms with Crippen LogP contribution in [0.15, 0.2) is 36.4 Å². The molecule has 0 saturated heterocycles. The Morgan fingerprint density at radius 2 is 2.10 bits per heavy atom. The summed E-state index contributed by atoms with van der Waals surface area (Å²) in [5, 5.41) is 2.74. The monoisotopic (exact) mass is 294 g/mol. The third-order valence-corrected chi connectivity index (χ3v) is 2.83. The number of amides is 1. The lowest BCUT2D eigenvalue weighted by molar-refractivity contribution is 0.102. The predicted molar refractivity (Wildman–Crippen MR) is 76.8 cm³/mol. The van der Waals surface area contributed by atoms with E-state index in [2.05, 4.69) is 5.32 Å². The van der Waals surface area contributed by atoms with Crippen molar-refractivity contribution < 1.29 is 13.9 Å². The second-order valence-electron chi connectivity index (χ2n) is 4.04. The van der Waals surface area contributed by atoms with Crippen molar-refractivity contribution >= 4 is 28.9 Å². The molecule has 3 N–H and O–H groups in total. The van der Waals surface area contributed by atoms with E-state index in [0.29, 0.717) is 5.69 Å². The normalized spacial score (nSPS) is 10.2. The van der Waals surface area contributed by atoms with Crippen LogP contribution in [0.2, 0.25) is 5.02 Å². The van der Waals surface area contributed by atoms with Crippen LogP contribution in [0.3, 0.4) is 0 Å². The molecule has 2 rings (SSSR count). The van der Waals surface area contributed by atoms with Crippen molar-refractivity contribution in [3.63, 3.8) is 0 Å². The van der Waals surface area contributed by atoms with E-state index in [1.807, 2.05) is 0 Å². The van der Waals surface area contributed by atoms with Crippen molar-refractivity contribution in [2.24, 2.45) is 0 Å². The van der Waals surface area contributed by atoms with Crippen molar-refractivity contribution in [1.29, 1.82) is 0 Å². The first-order valence-corrected chi connectivity index (χ1v) is 6.09. The van der Waals surface area contributed by atoms with Gasteiger partial charge in [0.1, 0.15) is 5.82 Å². The Morgan fingerprint density at radius 1 is 1.35 bits per heavy atom. The van der Waals surface area contributed by atoms with E-state index in [1.165, 1.54) is 19.2 Å². The number of benzene rings is 2. The number of hydrogen-bond acceptors (Lipinski definition) is 3. The molecule has 104 valence electrons. The Morgan fingerprint density at radius 3 is 2.75 bits per heavy atom. The van der Waals surface area contributed by atoms with Crippen molar-refractivity contribution in [2.45, 2.75) is 0 Å². The summed E-state index contributed by atoms with van der Waals surface area (Å²) in [5.41, 5.74) is 6.58. The molecule has 0 aromatic heterocycles. The van der Waals surface area contributed by atoms with Gasteiger partial charge < -0.3 is 15.8 Å². The molecule has 0 saturated carbocycles. The average molecular weight is 295 g/mol. The number of nitrogens with one attached hydrogen (secondary N) is 1. The molecule has 0 spiro atoms. The van der Waals surface area contributed by atoms with Crippen LogP contribution in [0, 0.1) is 5.82 Å². The molecule has 0 aliphatic rings. The van der Waals surface area contributed by atoms with E-state index in [4.69, 9.17) is 22.1 Å². The molecule has 2 aromatic carbocycles. The molecule has 0 fully saturated rings. The zero-order chi connectivity index (χ0) is 14.7. The number of halogens is 2. The van der Waals surface area contributed by atoms with E-state index in [9.17, 15) is 9.18 Å². The van der Waals surface area contributed by atoms with Crippen LogP contribution in [-0.4, -0.2) is 13.0 Å². The van der Waals surface area contributed by atoms with Crippen molar-refractivity contribution in [1.82, 2.24) is 0 Å². The summed E-state index contributed by atoms with van der Waals surface area (Å²) in [5.74, 6) is -0.726. The number of nitrogen functional groups attached to an aromatic ring is 1. The fourth-order valence-electron chi connectivity index (χ4n) is 1.79. The first-order valence-electron chi connectivity index (χ1n) is 5.71. The Bertz CT molecular complexity index is 641. The fraction of sp³-hybridized carbons (Fsp3) is 0.0714. The second-order valence-corrected chi connectivity index (χ2v) is 4.48. The van der Waals surface area contributed by atoms with Gasteiger partial charge in [-0.1, -0.05) is 17.7 Å². The zero-order valence-corrected chi connectivity index (χ0v) is 11.4. The Kier molecular flexibility index (Phi) is 4.10. The van der Waals surface area contributed by atoms with Gasteiger partial charge in [0.2, 0.25) is 0 Å². The Balaban J connectivity index is 2.31. The smallest absolute Gasteiger partial charge is 0.259 e. The van der Waals surface area contributed by atoms with Crippen LogP contribution in [-0.2, 0) is 0 Å². The number of hydrogen-bond donors (Lipinski definition) is 2. The lowest BCUT2D eigenvalue weighted by Crippen LogP contribution is -2.14. The van der Waals surface area contributed by atoms with Crippen molar-refractivity contribution in [3.05, 3.63) is 52.8 Å². The lowest BCUT2D eigenvalue weighted by Gasteiger charge is -2.11. The van der Waals surface area contributed by atoms with Crippen LogP contribution in [0.25, 0.3) is 0 Å². The highest BCUT2D eigenvalue weighted by molar-refractivity contribution is 6.31. The van der Waals surface area contributed by atoms with E-state index >= 15 is 0 Å². The molecule has 20 heavy (non-hydrogen) atoms. The molecule has 2 aromatic rings. The second kappa shape index (κ2) is 5.79. The minimum absolute atomic E-state index is 0.194. The summed E-state index contributed by atoms with van der Waals surface area (Å²) in [6.07, 6.45) is 0. The number of anilines is 2. The molecule has 0 unspecified atom stereocenters. The maximum absolute atomic E-state index is 13.2. The number of carbonyl (C=O) groups excluding carboxylic acids is 1. The Hall–Kier alpha value is -2.27. The molecule has 0 bridgehead atoms. The molecule has 0 heterocycles. The summed E-state index contributed by atoms with van der Waals surface area (Å²) < 4.78 is 18.3. The maximum atomic E-state index is 13.2. The highest BCUT2D eigenvalue weighted by atomic mass is 35.5. The van der Waals surface area contributed by atoms with Gasteiger partial charge in [-0.2, -0.15) is 0 Å². The molecular formula is C14H12ClFN2O2. The number of rotatable bonds is 3. The van der Waals surface area contributed by atoms with Gasteiger partial charge in [-0.3, -0.25) is 4.79 Å². The Labute approximate surface area is 120 Å². The molecule has 0 aliphatic heterocycles. The van der Waals surface area contributed by atoms with Crippen LogP contribution in [0.1, 0.15) is 10.4 Å². The molecule has 0 aliphatic carbocycles. The summed E-state index contributed by atoms with van der Waals surface area (Å²) in [4.78, 5) is 12.2. The van der Waals surface area contributed by atoms with Gasteiger partial charge in [0.05, 0.1) is 18.4 Å². The zero-order valence-electron chi connectivity index (χ0n) is 10.6. The number of nitrogens with two attached hydrogens (primary N) is 1. The SMILES string of the molecule is COc1c(N)cccc1C(=O)Nc1cc(F)cc(Cl)c1. The van der Waals surface area contributed by atoms with Crippen LogP contribution >= 0.6 is 11.6 Å². The van der Waals surface area contributed by atoms with Gasteiger partial charge in [0.15, 0.2) is 5.75 Å². The fourth-order valence-corrected chi connectivity index (χ4v) is 2.01. The van der Waals surface area contributed by atoms with E-state index in [0.717, 1.165) is 6.07 Å². The molecular weight excluding hydrogens is 283 g/mol. The van der Waals surface area contributed by atoms with Gasteiger partial charge in [-0.25, -0.2) is 4.39 Å². The van der Waals surface area contributed by atoms with Gasteiger partial charge in [0.25, 0.3) is 5.91 Å². The first kappa shape index (κ1) is 14.1. The summed E-state index contributed by atoms with van der Waals surface area (Å²) in [6, 6.07) is 8.58. The quantitative estimate of drug-likeness (QED) is 0.854. The number of methoxy groups -OCH3 is 1. The van der Waals surface area contributed by atoms with Crippen molar-refractivity contribution in [3.8, 4) is 5.75 Å². The molecule has 1 amide bonds. The molecule has 0 atom stereocenters. The standard InChI is InChI=1S/C14H12ClFN2O2/c1-20-13-11(3-2-4-12(13)17)14(19)18-10-6-8(15)5-9(16)7-10/h2-7H,17H2,1H3,(H,18,19). The highest BCUT2D eigenvalue weighted by Crippen LogP contribution is 2.27. The van der Waals surface area contributed by atoms with Gasteiger partial charge in [-0.15, -0.1) is 0 Å². The minimum Gasteiger partial charge on any atom is -0.494 e. The summed E-state index contributed by atoms with van der Waals surface area (Å²) in [7, 11) is 1.42. The molecule has 0 radical (unpaired) electrons. The predicted octanol–water partition coefficient (Wildman–Crippen LogP) is 3.32. The van der Waals surface area contributed by atoms with Crippen LogP contribution in [0.4, 0.5) is 15.8 Å². The molecule has 6 heteroatoms. The maximum Gasteiger partial charge on any atom is 0.259 e. The van der Waals surface area contributed by atoms with Crippen molar-refractivity contribution in [2.75, 3.05) is 18.2 Å². The number of ether oxygens (including phenoxy) is 1. The largest absolute Gasteiger partial charge is 0.494 e. The van der Waals surface area contributed by atoms with E-state index < -0.39 is 11.7 Å². The van der Waals surface area contributed by atoms with E-state index in [-0.39, 0.29) is 22.0 Å². The summed E-state index contributed by atoms with van der Waals surface area (Å²) in [6.45, 7) is 0. The van der Waals surface area contributed by atoms with E-state index in [1.54, 1.807) is 18.2 Å². The van der Waals surface area contributed by atoms with Gasteiger partial charge >= 0.3 is 0 Å². The lowest BCUT2D eigenvalue weighted by atomic mass is 10.1. The number of carbonyl (C=O) groups is 1. The topological polar surface area (TPSA) is 64.3 Å². The van der Waals surface area contributed by atoms with Crippen LogP contribution in [0.5, 0.6) is 5.75 Å². The summed E-state index contributed by atoms with van der Waals surface area (Å²) >= 11 is 5.73. The first-order chi connectivity index (χ1) is 9.51. The average Bonchev–Trinajstić information content (AvgIpc) is 2.37.